The normalized spacial score (nSPS) is 19.4. The minimum atomic E-state index is 0.396. The van der Waals surface area contributed by atoms with Crippen molar-refractivity contribution in [1.82, 2.24) is 0 Å². The highest BCUT2D eigenvalue weighted by molar-refractivity contribution is 5.91. The zero-order valence-electron chi connectivity index (χ0n) is 21.0. The van der Waals surface area contributed by atoms with Crippen molar-refractivity contribution in [2.24, 2.45) is 0 Å². The second-order valence-electron chi connectivity index (χ2n) is 10.9. The number of aryl methyl sites for hydroxylation is 2. The molecule has 0 fully saturated rings. The molecule has 0 saturated heterocycles. The van der Waals surface area contributed by atoms with E-state index in [1.54, 1.807) is 5.57 Å². The molecule has 0 heteroatoms. The molecule has 2 atom stereocenters. The first-order valence-corrected chi connectivity index (χ1v) is 13.6. The summed E-state index contributed by atoms with van der Waals surface area (Å²) in [5, 5.41) is 5.78. The lowest BCUT2D eigenvalue weighted by Gasteiger charge is -2.27. The highest BCUT2D eigenvalue weighted by Gasteiger charge is 2.27. The molecule has 0 aromatic heterocycles. The molecule has 2 aliphatic carbocycles. The van der Waals surface area contributed by atoms with E-state index in [0.29, 0.717) is 11.8 Å². The van der Waals surface area contributed by atoms with Crippen molar-refractivity contribution in [3.8, 4) is 0 Å². The molecule has 36 heavy (non-hydrogen) atoms. The zero-order chi connectivity index (χ0) is 24.1. The monoisotopic (exact) mass is 464 g/mol. The van der Waals surface area contributed by atoms with Gasteiger partial charge in [0.25, 0.3) is 0 Å². The molecular weight excluding hydrogens is 432 g/mol. The molecule has 0 saturated carbocycles. The predicted octanol–water partition coefficient (Wildman–Crippen LogP) is 9.40. The summed E-state index contributed by atoms with van der Waals surface area (Å²) in [5.74, 6) is 0.854. The van der Waals surface area contributed by atoms with Crippen LogP contribution in [-0.2, 0) is 19.3 Å². The van der Waals surface area contributed by atoms with Crippen molar-refractivity contribution in [1.29, 1.82) is 0 Å². The van der Waals surface area contributed by atoms with E-state index in [9.17, 15) is 0 Å². The second-order valence-corrected chi connectivity index (χ2v) is 10.9. The molecule has 0 radical (unpaired) electrons. The molecule has 0 aliphatic heterocycles. The van der Waals surface area contributed by atoms with E-state index >= 15 is 0 Å². The number of benzene rings is 5. The smallest absolute Gasteiger partial charge is 0.00667 e. The predicted molar refractivity (Wildman–Crippen MR) is 154 cm³/mol. The molecule has 0 spiro atoms. The Morgan fingerprint density at radius 2 is 1.14 bits per heavy atom. The Balaban J connectivity index is 1.43. The van der Waals surface area contributed by atoms with Gasteiger partial charge in [0.2, 0.25) is 0 Å². The Kier molecular flexibility index (Phi) is 5.28. The highest BCUT2D eigenvalue weighted by atomic mass is 14.3. The van der Waals surface area contributed by atoms with Crippen LogP contribution in [0, 0.1) is 0 Å². The van der Waals surface area contributed by atoms with Crippen molar-refractivity contribution in [2.45, 2.75) is 50.9 Å². The molecule has 4 bridgehead atoms. The number of hydrogen-bond acceptors (Lipinski definition) is 0. The first kappa shape index (κ1) is 21.6. The number of allylic oxidation sites excluding steroid dienone is 1. The van der Waals surface area contributed by atoms with E-state index in [4.69, 9.17) is 0 Å². The molecule has 0 N–H and O–H groups in total. The third kappa shape index (κ3) is 3.59. The molecule has 2 aliphatic rings. The molecule has 0 heterocycles. The van der Waals surface area contributed by atoms with E-state index in [1.807, 2.05) is 0 Å². The maximum Gasteiger partial charge on any atom is 0.00667 e. The summed E-state index contributed by atoms with van der Waals surface area (Å²) in [6.07, 6.45) is 8.08. The quantitative estimate of drug-likeness (QED) is 0.232. The van der Waals surface area contributed by atoms with Gasteiger partial charge >= 0.3 is 0 Å². The van der Waals surface area contributed by atoms with Crippen LogP contribution < -0.4 is 0 Å². The maximum absolute atomic E-state index is 2.49. The van der Waals surface area contributed by atoms with Gasteiger partial charge in [0.05, 0.1) is 0 Å². The third-order valence-electron chi connectivity index (χ3n) is 8.72. The SMILES string of the molecule is C[C@@H]1C[C@H](C2=Cc3ccccc3C2)c2ccc(c3ccccc23)CCCc2ccc1c1ccccc21. The Hall–Kier alpha value is -3.64. The Bertz CT molecular complexity index is 1630. The fourth-order valence-corrected chi connectivity index (χ4v) is 6.90. The average Bonchev–Trinajstić information content (AvgIpc) is 3.36. The standard InChI is InChI=1S/C36H32/c1-24-21-36(29-22-27-9-2-3-10-28(27)23-29)35-20-18-26(32-14-5-7-16-34(32)35)12-8-11-25-17-19-30(24)33-15-6-4-13-31(25)33/h2-7,9-10,13-20,22,24,36H,8,11-12,21,23H2,1H3/t24-,36-/m1/s1. The molecule has 0 nitrogen and oxygen atoms in total. The maximum atomic E-state index is 2.49. The molecule has 7 rings (SSSR count). The first-order chi connectivity index (χ1) is 17.8. The van der Waals surface area contributed by atoms with Crippen LogP contribution >= 0.6 is 0 Å². The summed E-state index contributed by atoms with van der Waals surface area (Å²) >= 11 is 0. The van der Waals surface area contributed by atoms with E-state index in [-0.39, 0.29) is 0 Å². The van der Waals surface area contributed by atoms with E-state index < -0.39 is 0 Å². The van der Waals surface area contributed by atoms with Crippen LogP contribution in [-0.4, -0.2) is 0 Å². The first-order valence-electron chi connectivity index (χ1n) is 13.6. The summed E-state index contributed by atoms with van der Waals surface area (Å²) in [6, 6.07) is 36.9. The van der Waals surface area contributed by atoms with Crippen LogP contribution in [0.25, 0.3) is 27.6 Å². The summed E-state index contributed by atoms with van der Waals surface area (Å²) in [5.41, 5.74) is 10.4. The van der Waals surface area contributed by atoms with E-state index in [2.05, 4.69) is 110 Å². The van der Waals surface area contributed by atoms with Crippen LogP contribution in [0.1, 0.15) is 65.0 Å². The van der Waals surface area contributed by atoms with Crippen molar-refractivity contribution in [3.63, 3.8) is 0 Å². The van der Waals surface area contributed by atoms with Gasteiger partial charge in [0.1, 0.15) is 0 Å². The van der Waals surface area contributed by atoms with Gasteiger partial charge in [-0.15, -0.1) is 0 Å². The number of fused-ring (bicyclic) bond motifs is 13. The third-order valence-corrected chi connectivity index (χ3v) is 8.72. The molecule has 176 valence electrons. The number of hydrogen-bond donors (Lipinski definition) is 0. The lowest BCUT2D eigenvalue weighted by Crippen LogP contribution is -2.10. The van der Waals surface area contributed by atoms with Gasteiger partial charge in [0.15, 0.2) is 0 Å². The summed E-state index contributed by atoms with van der Waals surface area (Å²) in [6.45, 7) is 2.44. The molecule has 5 aromatic carbocycles. The topological polar surface area (TPSA) is 0 Å². The lowest BCUT2D eigenvalue weighted by molar-refractivity contribution is 0.610. The van der Waals surface area contributed by atoms with Crippen molar-refractivity contribution >= 4 is 27.6 Å². The molecular formula is C36H32. The van der Waals surface area contributed by atoms with E-state index in [0.717, 1.165) is 25.7 Å². The van der Waals surface area contributed by atoms with Gasteiger partial charge in [0, 0.05) is 5.92 Å². The van der Waals surface area contributed by atoms with Crippen molar-refractivity contribution in [2.75, 3.05) is 0 Å². The van der Waals surface area contributed by atoms with Crippen LogP contribution in [0.15, 0.2) is 103 Å². The molecule has 5 aromatic rings. The lowest BCUT2D eigenvalue weighted by atomic mass is 9.77. The second kappa shape index (κ2) is 8.79. The zero-order valence-corrected chi connectivity index (χ0v) is 21.0. The Morgan fingerprint density at radius 1 is 0.556 bits per heavy atom. The van der Waals surface area contributed by atoms with Gasteiger partial charge in [-0.05, 0) is 92.9 Å². The van der Waals surface area contributed by atoms with Gasteiger partial charge in [-0.25, -0.2) is 0 Å². The van der Waals surface area contributed by atoms with Gasteiger partial charge in [-0.3, -0.25) is 0 Å². The van der Waals surface area contributed by atoms with Gasteiger partial charge in [-0.1, -0.05) is 116 Å². The van der Waals surface area contributed by atoms with Crippen LogP contribution in [0.4, 0.5) is 0 Å². The number of rotatable bonds is 1. The largest absolute Gasteiger partial charge is 0.0619 e. The Labute approximate surface area is 214 Å². The molecule has 0 unspecified atom stereocenters. The fourth-order valence-electron chi connectivity index (χ4n) is 6.90. The highest BCUT2D eigenvalue weighted by Crippen LogP contribution is 2.44. The summed E-state index contributed by atoms with van der Waals surface area (Å²) < 4.78 is 0. The minimum absolute atomic E-state index is 0.396. The Morgan fingerprint density at radius 3 is 1.83 bits per heavy atom. The minimum Gasteiger partial charge on any atom is -0.0619 e. The van der Waals surface area contributed by atoms with Crippen LogP contribution in [0.3, 0.4) is 0 Å². The van der Waals surface area contributed by atoms with E-state index in [1.165, 1.54) is 61.3 Å². The summed E-state index contributed by atoms with van der Waals surface area (Å²) in [7, 11) is 0. The van der Waals surface area contributed by atoms with Crippen molar-refractivity contribution < 1.29 is 0 Å². The fraction of sp³-hybridized carbons (Fsp3) is 0.222. The van der Waals surface area contributed by atoms with Crippen LogP contribution in [0.2, 0.25) is 0 Å². The molecule has 0 amide bonds. The summed E-state index contributed by atoms with van der Waals surface area (Å²) in [4.78, 5) is 0. The van der Waals surface area contributed by atoms with Crippen molar-refractivity contribution in [3.05, 3.63) is 136 Å². The van der Waals surface area contributed by atoms with Gasteiger partial charge in [-0.2, -0.15) is 0 Å². The van der Waals surface area contributed by atoms with Gasteiger partial charge < -0.3 is 0 Å². The average molecular weight is 465 g/mol. The van der Waals surface area contributed by atoms with Crippen LogP contribution in [0.5, 0.6) is 0 Å².